The van der Waals surface area contributed by atoms with Gasteiger partial charge in [0, 0.05) is 51.1 Å². The van der Waals surface area contributed by atoms with E-state index in [4.69, 9.17) is 4.74 Å². The summed E-state index contributed by atoms with van der Waals surface area (Å²) >= 11 is 1.84. The maximum absolute atomic E-state index is 12.4. The second kappa shape index (κ2) is 8.24. The van der Waals surface area contributed by atoms with Gasteiger partial charge in [-0.3, -0.25) is 9.79 Å². The van der Waals surface area contributed by atoms with Crippen molar-refractivity contribution in [1.82, 2.24) is 15.1 Å². The largest absolute Gasteiger partial charge is 0.368 e. The third-order valence-corrected chi connectivity index (χ3v) is 5.78. The van der Waals surface area contributed by atoms with Gasteiger partial charge >= 0.3 is 0 Å². The summed E-state index contributed by atoms with van der Waals surface area (Å²) in [6.45, 7) is 9.15. The van der Waals surface area contributed by atoms with E-state index < -0.39 is 0 Å². The molecule has 0 radical (unpaired) electrons. The number of nitrogens with zero attached hydrogens (tertiary/aromatic N) is 3. The highest BCUT2D eigenvalue weighted by Gasteiger charge is 2.31. The topological polar surface area (TPSA) is 57.2 Å². The van der Waals surface area contributed by atoms with Crippen molar-refractivity contribution in [3.8, 4) is 0 Å². The van der Waals surface area contributed by atoms with E-state index in [1.807, 2.05) is 23.7 Å². The summed E-state index contributed by atoms with van der Waals surface area (Å²) in [5, 5.41) is 3.46. The molecule has 23 heavy (non-hydrogen) atoms. The fourth-order valence-corrected chi connectivity index (χ4v) is 3.03. The molecular formula is C16H30N4O2S. The van der Waals surface area contributed by atoms with Gasteiger partial charge in [0.2, 0.25) is 0 Å². The van der Waals surface area contributed by atoms with E-state index in [2.05, 4.69) is 35.3 Å². The van der Waals surface area contributed by atoms with Crippen molar-refractivity contribution in [3.05, 3.63) is 0 Å². The molecule has 2 heterocycles. The van der Waals surface area contributed by atoms with Crippen LogP contribution in [0.3, 0.4) is 0 Å². The molecule has 0 saturated carbocycles. The van der Waals surface area contributed by atoms with Gasteiger partial charge in [-0.1, -0.05) is 0 Å². The molecule has 0 spiro atoms. The van der Waals surface area contributed by atoms with Crippen LogP contribution in [0.25, 0.3) is 0 Å². The Hall–Kier alpha value is -0.950. The minimum atomic E-state index is -0.207. The van der Waals surface area contributed by atoms with Crippen LogP contribution in [0.4, 0.5) is 0 Å². The van der Waals surface area contributed by atoms with Crippen molar-refractivity contribution >= 4 is 23.6 Å². The summed E-state index contributed by atoms with van der Waals surface area (Å²) in [5.74, 6) is 1.09. The Labute approximate surface area is 144 Å². The number of ether oxygens (including phenoxy) is 1. The Bertz CT molecular complexity index is 428. The lowest BCUT2D eigenvalue weighted by molar-refractivity contribution is -0.142. The number of amides is 1. The lowest BCUT2D eigenvalue weighted by Gasteiger charge is -2.38. The molecule has 2 aliphatic rings. The molecule has 2 aliphatic heterocycles. The van der Waals surface area contributed by atoms with E-state index >= 15 is 0 Å². The Balaban J connectivity index is 1.81. The van der Waals surface area contributed by atoms with Gasteiger partial charge in [-0.25, -0.2) is 0 Å². The Kier molecular flexibility index (Phi) is 6.59. The molecule has 2 fully saturated rings. The van der Waals surface area contributed by atoms with Crippen LogP contribution in [0.1, 0.15) is 26.7 Å². The molecule has 1 amide bonds. The lowest BCUT2D eigenvalue weighted by atomic mass is 10.2. The number of aliphatic imine (C=N–C) groups is 1. The van der Waals surface area contributed by atoms with E-state index in [9.17, 15) is 4.79 Å². The standard InChI is InChI=1S/C16H30N4O2S/c1-16(2,23-4)12-18-15(17-3)20-9-7-19(8-10-20)14(21)13-6-5-11-22-13/h13H,5-12H2,1-4H3,(H,17,18). The van der Waals surface area contributed by atoms with Crippen LogP contribution in [-0.4, -0.2) is 85.2 Å². The van der Waals surface area contributed by atoms with Gasteiger partial charge in [-0.15, -0.1) is 0 Å². The summed E-state index contributed by atoms with van der Waals surface area (Å²) in [5.41, 5.74) is 0. The van der Waals surface area contributed by atoms with Crippen LogP contribution in [0.2, 0.25) is 0 Å². The summed E-state index contributed by atoms with van der Waals surface area (Å²) in [4.78, 5) is 20.9. The van der Waals surface area contributed by atoms with Crippen molar-refractivity contribution in [3.63, 3.8) is 0 Å². The second-order valence-corrected chi connectivity index (χ2v) is 8.19. The molecule has 7 heteroatoms. The molecular weight excluding hydrogens is 312 g/mol. The molecule has 0 aromatic rings. The number of nitrogens with one attached hydrogen (secondary N) is 1. The molecule has 6 nitrogen and oxygen atoms in total. The predicted molar refractivity (Wildman–Crippen MR) is 96.1 cm³/mol. The predicted octanol–water partition coefficient (Wildman–Crippen LogP) is 1.03. The zero-order valence-corrected chi connectivity index (χ0v) is 15.6. The van der Waals surface area contributed by atoms with Gasteiger partial charge in [0.1, 0.15) is 6.10 Å². The minimum absolute atomic E-state index is 0.161. The maximum Gasteiger partial charge on any atom is 0.251 e. The fourth-order valence-electron chi connectivity index (χ4n) is 2.81. The number of thioether (sulfide) groups is 1. The molecule has 2 rings (SSSR count). The molecule has 1 atom stereocenters. The number of hydrogen-bond donors (Lipinski definition) is 1. The van der Waals surface area contributed by atoms with Gasteiger partial charge in [0.05, 0.1) is 0 Å². The average Bonchev–Trinajstić information content (AvgIpc) is 3.10. The second-order valence-electron chi connectivity index (χ2n) is 6.68. The first-order valence-electron chi connectivity index (χ1n) is 8.38. The average molecular weight is 343 g/mol. The molecule has 0 aromatic carbocycles. The minimum Gasteiger partial charge on any atom is -0.368 e. The summed E-state index contributed by atoms with van der Waals surface area (Å²) in [6, 6.07) is 0. The van der Waals surface area contributed by atoms with Crippen molar-refractivity contribution in [1.29, 1.82) is 0 Å². The quantitative estimate of drug-likeness (QED) is 0.611. The SMILES string of the molecule is CN=C(NCC(C)(C)SC)N1CCN(C(=O)C2CCCO2)CC1. The van der Waals surface area contributed by atoms with E-state index in [0.29, 0.717) is 0 Å². The van der Waals surface area contributed by atoms with E-state index in [0.717, 1.165) is 58.1 Å². The highest BCUT2D eigenvalue weighted by molar-refractivity contribution is 7.99. The number of piperazine rings is 1. The Morgan fingerprint density at radius 3 is 2.48 bits per heavy atom. The van der Waals surface area contributed by atoms with Gasteiger partial charge < -0.3 is 19.9 Å². The van der Waals surface area contributed by atoms with Gasteiger partial charge in [0.25, 0.3) is 5.91 Å². The number of rotatable bonds is 4. The number of carbonyl (C=O) groups is 1. The zero-order chi connectivity index (χ0) is 16.9. The number of hydrogen-bond acceptors (Lipinski definition) is 4. The van der Waals surface area contributed by atoms with E-state index in [1.165, 1.54) is 0 Å². The first kappa shape index (κ1) is 18.4. The van der Waals surface area contributed by atoms with Crippen molar-refractivity contribution < 1.29 is 9.53 Å². The maximum atomic E-state index is 12.4. The lowest BCUT2D eigenvalue weighted by Crippen LogP contribution is -2.56. The van der Waals surface area contributed by atoms with Gasteiger partial charge in [-0.2, -0.15) is 11.8 Å². The molecule has 1 N–H and O–H groups in total. The molecule has 0 aromatic heterocycles. The van der Waals surface area contributed by atoms with Crippen molar-refractivity contribution in [2.24, 2.45) is 4.99 Å². The number of carbonyl (C=O) groups excluding carboxylic acids is 1. The van der Waals surface area contributed by atoms with E-state index in [-0.39, 0.29) is 16.8 Å². The number of guanidine groups is 1. The van der Waals surface area contributed by atoms with Crippen LogP contribution in [0.15, 0.2) is 4.99 Å². The summed E-state index contributed by atoms with van der Waals surface area (Å²) < 4.78 is 5.68. The monoisotopic (exact) mass is 342 g/mol. The summed E-state index contributed by atoms with van der Waals surface area (Å²) in [7, 11) is 1.82. The van der Waals surface area contributed by atoms with Crippen molar-refractivity contribution in [2.45, 2.75) is 37.5 Å². The first-order valence-corrected chi connectivity index (χ1v) is 9.60. The normalized spacial score (nSPS) is 23.3. The molecule has 1 unspecified atom stereocenters. The van der Waals surface area contributed by atoms with Crippen LogP contribution >= 0.6 is 11.8 Å². The van der Waals surface area contributed by atoms with Gasteiger partial charge in [-0.05, 0) is 32.9 Å². The Morgan fingerprint density at radius 2 is 1.96 bits per heavy atom. The first-order chi connectivity index (χ1) is 11.0. The molecule has 0 aliphatic carbocycles. The van der Waals surface area contributed by atoms with Crippen molar-refractivity contribution in [2.75, 3.05) is 52.6 Å². The van der Waals surface area contributed by atoms with Gasteiger partial charge in [0.15, 0.2) is 5.96 Å². The van der Waals surface area contributed by atoms with Crippen LogP contribution < -0.4 is 5.32 Å². The highest BCUT2D eigenvalue weighted by Crippen LogP contribution is 2.20. The third-order valence-electron chi connectivity index (χ3n) is 4.53. The fraction of sp³-hybridized carbons (Fsp3) is 0.875. The molecule has 0 bridgehead atoms. The van der Waals surface area contributed by atoms with E-state index in [1.54, 1.807) is 0 Å². The van der Waals surface area contributed by atoms with Crippen LogP contribution in [0, 0.1) is 0 Å². The van der Waals surface area contributed by atoms with Crippen LogP contribution in [0.5, 0.6) is 0 Å². The highest BCUT2D eigenvalue weighted by atomic mass is 32.2. The van der Waals surface area contributed by atoms with Crippen LogP contribution in [-0.2, 0) is 9.53 Å². The molecule has 2 saturated heterocycles. The Morgan fingerprint density at radius 1 is 1.30 bits per heavy atom. The summed E-state index contributed by atoms with van der Waals surface area (Å²) in [6.07, 6.45) is 3.78. The third kappa shape index (κ3) is 5.01. The molecule has 132 valence electrons. The zero-order valence-electron chi connectivity index (χ0n) is 14.8. The smallest absolute Gasteiger partial charge is 0.251 e.